The maximum Gasteiger partial charge on any atom is 0.119 e. The van der Waals surface area contributed by atoms with Crippen molar-refractivity contribution in [2.75, 3.05) is 7.11 Å². The molecule has 0 amide bonds. The predicted molar refractivity (Wildman–Crippen MR) is 71.5 cm³/mol. The smallest absolute Gasteiger partial charge is 0.119 e. The van der Waals surface area contributed by atoms with Crippen LogP contribution in [0.15, 0.2) is 36.5 Å². The Morgan fingerprint density at radius 2 is 2.22 bits per heavy atom. The zero-order valence-electron chi connectivity index (χ0n) is 11.1. The molecule has 1 aromatic heterocycles. The number of nitrogens with zero attached hydrogens (tertiary/aromatic N) is 2. The van der Waals surface area contributed by atoms with E-state index in [0.717, 1.165) is 18.0 Å². The number of methoxy groups -OCH3 is 1. The predicted octanol–water partition coefficient (Wildman–Crippen LogP) is 2.28. The Kier molecular flexibility index (Phi) is 3.99. The lowest BCUT2D eigenvalue weighted by molar-refractivity contribution is 0.413. The molecule has 1 N–H and O–H groups in total. The van der Waals surface area contributed by atoms with Gasteiger partial charge in [-0.15, -0.1) is 0 Å². The van der Waals surface area contributed by atoms with Crippen LogP contribution in [0.1, 0.15) is 24.2 Å². The topological polar surface area (TPSA) is 39.1 Å². The summed E-state index contributed by atoms with van der Waals surface area (Å²) in [6.07, 6.45) is 1.95. The fourth-order valence-electron chi connectivity index (χ4n) is 1.84. The number of benzene rings is 1. The largest absolute Gasteiger partial charge is 0.497 e. The van der Waals surface area contributed by atoms with Crippen LogP contribution in [0, 0.1) is 0 Å². The molecule has 0 aliphatic heterocycles. The third-order valence-electron chi connectivity index (χ3n) is 2.95. The van der Waals surface area contributed by atoms with Crippen LogP contribution in [0.2, 0.25) is 0 Å². The number of hydrogen-bond acceptors (Lipinski definition) is 3. The van der Waals surface area contributed by atoms with E-state index in [-0.39, 0.29) is 6.04 Å². The molecule has 1 atom stereocenters. The number of aromatic nitrogens is 2. The van der Waals surface area contributed by atoms with E-state index in [1.165, 1.54) is 5.56 Å². The Morgan fingerprint density at radius 1 is 1.39 bits per heavy atom. The second-order valence-electron chi connectivity index (χ2n) is 4.36. The lowest BCUT2D eigenvalue weighted by atomic mass is 10.1. The van der Waals surface area contributed by atoms with Crippen LogP contribution in [0.25, 0.3) is 0 Å². The summed E-state index contributed by atoms with van der Waals surface area (Å²) < 4.78 is 7.04. The Bertz CT molecular complexity index is 507. The van der Waals surface area contributed by atoms with E-state index in [1.54, 1.807) is 7.11 Å². The second-order valence-corrected chi connectivity index (χ2v) is 4.36. The van der Waals surface area contributed by atoms with Gasteiger partial charge in [-0.3, -0.25) is 4.68 Å². The number of rotatable bonds is 5. The maximum absolute atomic E-state index is 5.23. The van der Waals surface area contributed by atoms with Crippen LogP contribution >= 0.6 is 0 Å². The fraction of sp³-hybridized carbons (Fsp3) is 0.357. The average molecular weight is 245 g/mol. The van der Waals surface area contributed by atoms with Gasteiger partial charge in [-0.25, -0.2) is 0 Å². The summed E-state index contributed by atoms with van der Waals surface area (Å²) >= 11 is 0. The first kappa shape index (κ1) is 12.6. The lowest BCUT2D eigenvalue weighted by Gasteiger charge is -2.14. The number of hydrogen-bond donors (Lipinski definition) is 1. The fourth-order valence-corrected chi connectivity index (χ4v) is 1.84. The van der Waals surface area contributed by atoms with Crippen LogP contribution < -0.4 is 10.1 Å². The van der Waals surface area contributed by atoms with Crippen LogP contribution in [-0.4, -0.2) is 16.9 Å². The third-order valence-corrected chi connectivity index (χ3v) is 2.95. The molecular formula is C14H19N3O. The second kappa shape index (κ2) is 5.69. The highest BCUT2D eigenvalue weighted by atomic mass is 16.5. The average Bonchev–Trinajstić information content (AvgIpc) is 2.82. The molecule has 0 saturated heterocycles. The van der Waals surface area contributed by atoms with Crippen molar-refractivity contribution >= 4 is 0 Å². The monoisotopic (exact) mass is 245 g/mol. The molecule has 1 aromatic carbocycles. The summed E-state index contributed by atoms with van der Waals surface area (Å²) in [7, 11) is 3.61. The van der Waals surface area contributed by atoms with Gasteiger partial charge >= 0.3 is 0 Å². The Balaban J connectivity index is 1.96. The molecule has 1 heterocycles. The normalized spacial score (nSPS) is 12.4. The minimum absolute atomic E-state index is 0.266. The van der Waals surface area contributed by atoms with Crippen molar-refractivity contribution in [2.45, 2.75) is 19.5 Å². The van der Waals surface area contributed by atoms with Crippen LogP contribution in [0.5, 0.6) is 5.75 Å². The summed E-state index contributed by atoms with van der Waals surface area (Å²) in [5, 5.41) is 7.79. The van der Waals surface area contributed by atoms with Gasteiger partial charge in [-0.1, -0.05) is 12.1 Å². The van der Waals surface area contributed by atoms with E-state index in [2.05, 4.69) is 29.5 Å². The molecule has 0 fully saturated rings. The molecule has 4 nitrogen and oxygen atoms in total. The lowest BCUT2D eigenvalue weighted by Crippen LogP contribution is -2.18. The minimum Gasteiger partial charge on any atom is -0.497 e. The van der Waals surface area contributed by atoms with Crippen molar-refractivity contribution in [3.63, 3.8) is 0 Å². The summed E-state index contributed by atoms with van der Waals surface area (Å²) in [6, 6.07) is 10.4. The van der Waals surface area contributed by atoms with Gasteiger partial charge in [0.1, 0.15) is 5.75 Å². The minimum atomic E-state index is 0.266. The molecule has 0 spiro atoms. The molecule has 4 heteroatoms. The zero-order chi connectivity index (χ0) is 13.0. The van der Waals surface area contributed by atoms with E-state index >= 15 is 0 Å². The van der Waals surface area contributed by atoms with E-state index in [4.69, 9.17) is 4.74 Å². The molecule has 0 radical (unpaired) electrons. The van der Waals surface area contributed by atoms with Crippen LogP contribution in [0.4, 0.5) is 0 Å². The van der Waals surface area contributed by atoms with Crippen molar-refractivity contribution < 1.29 is 4.74 Å². The third kappa shape index (κ3) is 3.11. The quantitative estimate of drug-likeness (QED) is 0.878. The Morgan fingerprint density at radius 3 is 2.89 bits per heavy atom. The van der Waals surface area contributed by atoms with Gasteiger partial charge in [-0.05, 0) is 30.7 Å². The zero-order valence-corrected chi connectivity index (χ0v) is 11.1. The summed E-state index contributed by atoms with van der Waals surface area (Å²) in [5.74, 6) is 0.888. The van der Waals surface area contributed by atoms with Gasteiger partial charge in [0.2, 0.25) is 0 Å². The summed E-state index contributed by atoms with van der Waals surface area (Å²) in [4.78, 5) is 0. The van der Waals surface area contributed by atoms with Gasteiger partial charge in [0.05, 0.1) is 12.8 Å². The first-order chi connectivity index (χ1) is 8.69. The molecule has 0 bridgehead atoms. The molecule has 96 valence electrons. The van der Waals surface area contributed by atoms with Gasteiger partial charge < -0.3 is 10.1 Å². The number of nitrogens with one attached hydrogen (secondary N) is 1. The maximum atomic E-state index is 5.23. The summed E-state index contributed by atoms with van der Waals surface area (Å²) in [5.41, 5.74) is 2.26. The molecule has 0 aliphatic carbocycles. The van der Waals surface area contributed by atoms with Crippen molar-refractivity contribution in [3.05, 3.63) is 47.8 Å². The SMILES string of the molecule is COc1cccc(C(C)NCc2ccn(C)n2)c1. The highest BCUT2D eigenvalue weighted by Gasteiger charge is 2.06. The Hall–Kier alpha value is -1.81. The van der Waals surface area contributed by atoms with E-state index in [0.29, 0.717) is 0 Å². The van der Waals surface area contributed by atoms with Crippen LogP contribution in [-0.2, 0) is 13.6 Å². The summed E-state index contributed by atoms with van der Waals surface area (Å²) in [6.45, 7) is 2.90. The first-order valence-corrected chi connectivity index (χ1v) is 6.05. The van der Waals surface area contributed by atoms with Gasteiger partial charge in [0.15, 0.2) is 0 Å². The van der Waals surface area contributed by atoms with E-state index in [9.17, 15) is 0 Å². The van der Waals surface area contributed by atoms with Gasteiger partial charge in [0, 0.05) is 25.8 Å². The van der Waals surface area contributed by atoms with Gasteiger partial charge in [0.25, 0.3) is 0 Å². The molecule has 1 unspecified atom stereocenters. The number of ether oxygens (including phenoxy) is 1. The van der Waals surface area contributed by atoms with Crippen molar-refractivity contribution in [2.24, 2.45) is 7.05 Å². The van der Waals surface area contributed by atoms with Gasteiger partial charge in [-0.2, -0.15) is 5.10 Å². The molecule has 0 aliphatic rings. The standard InChI is InChI=1S/C14H19N3O/c1-11(12-5-4-6-14(9-12)18-3)15-10-13-7-8-17(2)16-13/h4-9,11,15H,10H2,1-3H3. The van der Waals surface area contributed by atoms with E-state index in [1.807, 2.05) is 36.1 Å². The Labute approximate surface area is 108 Å². The van der Waals surface area contributed by atoms with Crippen molar-refractivity contribution in [1.82, 2.24) is 15.1 Å². The van der Waals surface area contributed by atoms with Crippen LogP contribution in [0.3, 0.4) is 0 Å². The highest BCUT2D eigenvalue weighted by Crippen LogP contribution is 2.18. The highest BCUT2D eigenvalue weighted by molar-refractivity contribution is 5.30. The van der Waals surface area contributed by atoms with Crippen molar-refractivity contribution in [1.29, 1.82) is 0 Å². The molecule has 18 heavy (non-hydrogen) atoms. The molecule has 0 saturated carbocycles. The first-order valence-electron chi connectivity index (χ1n) is 6.05. The van der Waals surface area contributed by atoms with E-state index < -0.39 is 0 Å². The molecular weight excluding hydrogens is 226 g/mol. The molecule has 2 aromatic rings. The number of aryl methyl sites for hydroxylation is 1. The van der Waals surface area contributed by atoms with Crippen molar-refractivity contribution in [3.8, 4) is 5.75 Å². The molecule has 2 rings (SSSR count).